The number of aliphatic hydroxyl groups excluding tert-OH is 8. The predicted octanol–water partition coefficient (Wildman–Crippen LogP) is -5.40. The highest BCUT2D eigenvalue weighted by Gasteiger charge is 2.46. The van der Waals surface area contributed by atoms with E-state index in [9.17, 15) is 35.7 Å². The Morgan fingerprint density at radius 1 is 0.652 bits per heavy atom. The molecule has 0 spiro atoms. The molecule has 11 heteroatoms. The quantitative estimate of drug-likeness (QED) is 0.243. The largest absolute Gasteiger partial charge is 0.394 e. The van der Waals surface area contributed by atoms with Crippen LogP contribution in [0.25, 0.3) is 0 Å². The van der Waals surface area contributed by atoms with Crippen molar-refractivity contribution in [2.75, 3.05) is 13.2 Å². The van der Waals surface area contributed by atoms with Gasteiger partial charge < -0.3 is 55.1 Å². The van der Waals surface area contributed by atoms with Gasteiger partial charge in [-0.3, -0.25) is 0 Å². The maximum Gasteiger partial charge on any atom is 0.186 e. The highest BCUT2D eigenvalue weighted by molar-refractivity contribution is 4.91. The summed E-state index contributed by atoms with van der Waals surface area (Å²) in [4.78, 5) is 0. The molecule has 23 heavy (non-hydrogen) atoms. The molecule has 2 fully saturated rings. The molecular weight excluding hydrogens is 320 g/mol. The van der Waals surface area contributed by atoms with Crippen molar-refractivity contribution in [1.29, 1.82) is 0 Å². The lowest BCUT2D eigenvalue weighted by Crippen LogP contribution is -2.61. The highest BCUT2D eigenvalue weighted by atomic mass is 16.7. The number of rotatable bonds is 4. The van der Waals surface area contributed by atoms with Gasteiger partial charge in [-0.15, -0.1) is 0 Å². The summed E-state index contributed by atoms with van der Waals surface area (Å²) in [6.07, 6.45) is -15.3. The van der Waals surface area contributed by atoms with Crippen LogP contribution < -0.4 is 0 Å². The van der Waals surface area contributed by atoms with Crippen LogP contribution in [0.3, 0.4) is 0 Å². The average Bonchev–Trinajstić information content (AvgIpc) is 2.54. The van der Waals surface area contributed by atoms with Crippen LogP contribution in [-0.2, 0) is 14.2 Å². The second-order valence-electron chi connectivity index (χ2n) is 5.57. The molecule has 2 aliphatic heterocycles. The number of hydrogen-bond acceptors (Lipinski definition) is 11. The molecule has 0 aromatic rings. The Kier molecular flexibility index (Phi) is 6.27. The minimum Gasteiger partial charge on any atom is -0.394 e. The lowest BCUT2D eigenvalue weighted by atomic mass is 9.98. The Bertz CT molecular complexity index is 380. The van der Waals surface area contributed by atoms with Crippen LogP contribution in [0.1, 0.15) is 0 Å². The van der Waals surface area contributed by atoms with E-state index in [1.54, 1.807) is 0 Å². The van der Waals surface area contributed by atoms with E-state index in [-0.39, 0.29) is 0 Å². The molecule has 0 saturated carbocycles. The summed E-state index contributed by atoms with van der Waals surface area (Å²) in [5.74, 6) is 0. The van der Waals surface area contributed by atoms with Gasteiger partial charge in [0.1, 0.15) is 48.8 Å². The number of hydrogen-bond donors (Lipinski definition) is 8. The normalized spacial score (nSPS) is 51.7. The zero-order chi connectivity index (χ0) is 17.3. The van der Waals surface area contributed by atoms with E-state index < -0.39 is 74.6 Å². The zero-order valence-corrected chi connectivity index (χ0v) is 12.0. The molecule has 2 heterocycles. The lowest BCUT2D eigenvalue weighted by molar-refractivity contribution is -0.325. The van der Waals surface area contributed by atoms with E-state index in [1.807, 2.05) is 0 Å². The van der Waals surface area contributed by atoms with Crippen molar-refractivity contribution >= 4 is 0 Å². The average molecular weight is 342 g/mol. The SMILES string of the molecule is OCC1O[C@@H](OCC2O[C@@H](O)C(O)[C@H](O)[C@@H]2O)C(O)[C@H](O)[C@@H]1O. The maximum atomic E-state index is 9.78. The van der Waals surface area contributed by atoms with E-state index in [0.717, 1.165) is 0 Å². The minimum absolute atomic E-state index is 0.468. The van der Waals surface area contributed by atoms with Crippen LogP contribution >= 0.6 is 0 Å². The third-order valence-electron chi connectivity index (χ3n) is 3.96. The summed E-state index contributed by atoms with van der Waals surface area (Å²) < 4.78 is 15.1. The second-order valence-corrected chi connectivity index (χ2v) is 5.57. The maximum absolute atomic E-state index is 9.78. The van der Waals surface area contributed by atoms with Crippen molar-refractivity contribution in [1.82, 2.24) is 0 Å². The van der Waals surface area contributed by atoms with Gasteiger partial charge in [0.25, 0.3) is 0 Å². The molecule has 0 aromatic heterocycles. The Hall–Kier alpha value is -0.440. The van der Waals surface area contributed by atoms with E-state index in [0.29, 0.717) is 0 Å². The Morgan fingerprint density at radius 3 is 1.83 bits per heavy atom. The van der Waals surface area contributed by atoms with Gasteiger partial charge >= 0.3 is 0 Å². The molecule has 0 aliphatic carbocycles. The first-order valence-electron chi connectivity index (χ1n) is 7.07. The Morgan fingerprint density at radius 2 is 1.22 bits per heavy atom. The molecule has 10 atom stereocenters. The molecule has 8 N–H and O–H groups in total. The van der Waals surface area contributed by atoms with Crippen molar-refractivity contribution < 1.29 is 55.1 Å². The van der Waals surface area contributed by atoms with Gasteiger partial charge in [-0.25, -0.2) is 0 Å². The van der Waals surface area contributed by atoms with Crippen LogP contribution in [0.5, 0.6) is 0 Å². The van der Waals surface area contributed by atoms with Gasteiger partial charge in [0.2, 0.25) is 0 Å². The fraction of sp³-hybridized carbons (Fsp3) is 1.00. The first-order chi connectivity index (χ1) is 10.8. The summed E-state index contributed by atoms with van der Waals surface area (Å²) >= 11 is 0. The van der Waals surface area contributed by atoms with Crippen molar-refractivity contribution in [2.24, 2.45) is 0 Å². The first kappa shape index (κ1) is 18.9. The monoisotopic (exact) mass is 342 g/mol. The predicted molar refractivity (Wildman–Crippen MR) is 68.6 cm³/mol. The second kappa shape index (κ2) is 7.63. The smallest absolute Gasteiger partial charge is 0.186 e. The van der Waals surface area contributed by atoms with Gasteiger partial charge in [0.15, 0.2) is 12.6 Å². The van der Waals surface area contributed by atoms with Gasteiger partial charge in [0, 0.05) is 0 Å². The molecule has 2 rings (SSSR count). The molecule has 0 amide bonds. The molecular formula is C12H22O11. The van der Waals surface area contributed by atoms with Crippen molar-refractivity contribution in [3.63, 3.8) is 0 Å². The van der Waals surface area contributed by atoms with Crippen LogP contribution in [-0.4, -0.2) is 115 Å². The first-order valence-corrected chi connectivity index (χ1v) is 7.07. The van der Waals surface area contributed by atoms with Crippen LogP contribution in [0.4, 0.5) is 0 Å². The molecule has 0 aromatic carbocycles. The van der Waals surface area contributed by atoms with E-state index in [1.165, 1.54) is 0 Å². The fourth-order valence-electron chi connectivity index (χ4n) is 2.46. The van der Waals surface area contributed by atoms with E-state index in [2.05, 4.69) is 0 Å². The lowest BCUT2D eigenvalue weighted by Gasteiger charge is -2.41. The summed E-state index contributed by atoms with van der Waals surface area (Å²) in [6.45, 7) is -1.10. The molecule has 2 saturated heterocycles. The Labute approximate surface area is 130 Å². The van der Waals surface area contributed by atoms with Crippen LogP contribution in [0.2, 0.25) is 0 Å². The topological polar surface area (TPSA) is 190 Å². The van der Waals surface area contributed by atoms with Crippen LogP contribution in [0, 0.1) is 0 Å². The molecule has 2 aliphatic rings. The third-order valence-corrected chi connectivity index (χ3v) is 3.96. The molecule has 0 bridgehead atoms. The van der Waals surface area contributed by atoms with Crippen LogP contribution in [0.15, 0.2) is 0 Å². The third kappa shape index (κ3) is 3.81. The summed E-state index contributed by atoms with van der Waals surface area (Å²) in [7, 11) is 0. The summed E-state index contributed by atoms with van der Waals surface area (Å²) in [5, 5.41) is 76.1. The zero-order valence-electron chi connectivity index (χ0n) is 12.0. The Balaban J connectivity index is 1.94. The fourth-order valence-corrected chi connectivity index (χ4v) is 2.46. The molecule has 0 radical (unpaired) electrons. The van der Waals surface area contributed by atoms with E-state index >= 15 is 0 Å². The molecule has 11 nitrogen and oxygen atoms in total. The number of aliphatic hydroxyl groups is 8. The van der Waals surface area contributed by atoms with Crippen molar-refractivity contribution in [3.05, 3.63) is 0 Å². The van der Waals surface area contributed by atoms with Gasteiger partial charge in [-0.2, -0.15) is 0 Å². The summed E-state index contributed by atoms with van der Waals surface area (Å²) in [5.41, 5.74) is 0. The summed E-state index contributed by atoms with van der Waals surface area (Å²) in [6, 6.07) is 0. The highest BCUT2D eigenvalue weighted by Crippen LogP contribution is 2.24. The minimum atomic E-state index is -1.74. The number of ether oxygens (including phenoxy) is 3. The van der Waals surface area contributed by atoms with Crippen molar-refractivity contribution in [3.8, 4) is 0 Å². The molecule has 4 unspecified atom stereocenters. The van der Waals surface area contributed by atoms with Gasteiger partial charge in [-0.05, 0) is 0 Å². The van der Waals surface area contributed by atoms with Gasteiger partial charge in [0.05, 0.1) is 13.2 Å². The van der Waals surface area contributed by atoms with E-state index in [4.69, 9.17) is 19.3 Å². The molecule has 136 valence electrons. The van der Waals surface area contributed by atoms with Crippen molar-refractivity contribution in [2.45, 2.75) is 61.4 Å². The standard InChI is InChI=1S/C12H22O11/c13-1-3-5(14)8(17)10(19)12(23-3)21-2-4-6(15)7(16)9(18)11(20)22-4/h3-20H,1-2H2/t3?,4?,5-,6-,7-,8-,9?,10?,11-,12-/m1/s1. The van der Waals surface area contributed by atoms with Gasteiger partial charge in [-0.1, -0.05) is 0 Å².